The molecular weight excluding hydrogens is 735 g/mol. The fraction of sp³-hybridized carbons (Fsp3) is 0.100. The largest absolute Gasteiger partial charge is 0.310 e. The number of fused-ring (bicyclic) bond motifs is 9. The second-order valence-electron chi connectivity index (χ2n) is 17.6. The molecule has 0 radical (unpaired) electrons. The van der Waals surface area contributed by atoms with Gasteiger partial charge in [0.05, 0.1) is 5.69 Å². The molecule has 1 nitrogen and oxygen atoms in total. The second-order valence-corrected chi connectivity index (χ2v) is 17.6. The molecule has 0 saturated heterocycles. The van der Waals surface area contributed by atoms with Crippen LogP contribution in [-0.4, -0.2) is 0 Å². The lowest BCUT2D eigenvalue weighted by Gasteiger charge is -2.33. The fourth-order valence-electron chi connectivity index (χ4n) is 11.6. The molecule has 61 heavy (non-hydrogen) atoms. The van der Waals surface area contributed by atoms with E-state index in [1.54, 1.807) is 0 Å². The predicted octanol–water partition coefficient (Wildman–Crippen LogP) is 15.2. The summed E-state index contributed by atoms with van der Waals surface area (Å²) < 4.78 is 0. The molecule has 3 aliphatic rings. The highest BCUT2D eigenvalue weighted by atomic mass is 15.1. The van der Waals surface area contributed by atoms with Gasteiger partial charge in [-0.1, -0.05) is 188 Å². The SMILES string of the molecule is CC1(c2ccccc2)c2ccccc2-c2ccc(N(c3ccc4c(c3)C(C)(c3ccccc3)c3ccccc3-4)c3cccc4c3-c3ccccc3C4(C)c3ccccc3)cc21. The quantitative estimate of drug-likeness (QED) is 0.162. The highest BCUT2D eigenvalue weighted by molar-refractivity contribution is 5.98. The normalized spacial score (nSPS) is 19.9. The van der Waals surface area contributed by atoms with Crippen molar-refractivity contribution in [3.05, 3.63) is 268 Å². The van der Waals surface area contributed by atoms with Gasteiger partial charge >= 0.3 is 0 Å². The number of benzene rings is 9. The average Bonchev–Trinajstić information content (AvgIpc) is 3.86. The molecule has 0 N–H and O–H groups in total. The Morgan fingerprint density at radius 1 is 0.279 bits per heavy atom. The van der Waals surface area contributed by atoms with Gasteiger partial charge in [0.15, 0.2) is 0 Å². The Labute approximate surface area is 359 Å². The van der Waals surface area contributed by atoms with Crippen molar-refractivity contribution in [3.8, 4) is 33.4 Å². The van der Waals surface area contributed by atoms with Gasteiger partial charge in [0, 0.05) is 33.2 Å². The minimum atomic E-state index is -0.336. The lowest BCUT2D eigenvalue weighted by Crippen LogP contribution is -2.24. The molecule has 12 rings (SSSR count). The molecule has 3 atom stereocenters. The Hall–Kier alpha value is -7.22. The maximum absolute atomic E-state index is 2.57. The number of anilines is 3. The molecule has 0 aliphatic heterocycles. The molecule has 0 amide bonds. The van der Waals surface area contributed by atoms with Crippen LogP contribution in [0.15, 0.2) is 218 Å². The summed E-state index contributed by atoms with van der Waals surface area (Å²) >= 11 is 0. The molecule has 0 heterocycles. The molecular formula is C60H45N. The maximum atomic E-state index is 2.57. The zero-order chi connectivity index (χ0) is 40.9. The van der Waals surface area contributed by atoms with Crippen LogP contribution in [0.2, 0.25) is 0 Å². The highest BCUT2D eigenvalue weighted by Crippen LogP contribution is 2.60. The first-order chi connectivity index (χ1) is 29.9. The molecule has 0 bridgehead atoms. The van der Waals surface area contributed by atoms with Gasteiger partial charge in [-0.3, -0.25) is 0 Å². The van der Waals surface area contributed by atoms with E-state index in [1.807, 2.05) is 0 Å². The number of hydrogen-bond acceptors (Lipinski definition) is 1. The van der Waals surface area contributed by atoms with Crippen LogP contribution < -0.4 is 4.90 Å². The number of nitrogens with zero attached hydrogens (tertiary/aromatic N) is 1. The molecule has 0 aromatic heterocycles. The van der Waals surface area contributed by atoms with E-state index in [1.165, 1.54) is 89.1 Å². The third-order valence-electron chi connectivity index (χ3n) is 14.7. The van der Waals surface area contributed by atoms with E-state index in [0.717, 1.165) is 11.4 Å². The summed E-state index contributed by atoms with van der Waals surface area (Å²) in [4.78, 5) is 2.57. The summed E-state index contributed by atoms with van der Waals surface area (Å²) in [5.74, 6) is 0. The lowest BCUT2D eigenvalue weighted by atomic mass is 9.74. The highest BCUT2D eigenvalue weighted by Gasteiger charge is 2.45. The van der Waals surface area contributed by atoms with Crippen LogP contribution >= 0.6 is 0 Å². The van der Waals surface area contributed by atoms with Gasteiger partial charge in [-0.25, -0.2) is 0 Å². The van der Waals surface area contributed by atoms with Crippen LogP contribution in [-0.2, 0) is 16.2 Å². The van der Waals surface area contributed by atoms with Gasteiger partial charge in [0.1, 0.15) is 0 Å². The summed E-state index contributed by atoms with van der Waals surface area (Å²) in [6.45, 7) is 7.25. The third kappa shape index (κ3) is 4.83. The Morgan fingerprint density at radius 3 is 1.08 bits per heavy atom. The Morgan fingerprint density at radius 2 is 0.623 bits per heavy atom. The molecule has 9 aromatic rings. The van der Waals surface area contributed by atoms with Crippen LogP contribution in [0.1, 0.15) is 70.8 Å². The van der Waals surface area contributed by atoms with Crippen molar-refractivity contribution in [1.82, 2.24) is 0 Å². The third-order valence-corrected chi connectivity index (χ3v) is 14.7. The van der Waals surface area contributed by atoms with Gasteiger partial charge in [-0.2, -0.15) is 0 Å². The number of rotatable bonds is 6. The van der Waals surface area contributed by atoms with Crippen molar-refractivity contribution < 1.29 is 0 Å². The standard InChI is InChI=1S/C60H45N/c1-58(40-20-7-4-8-21-40)52-31-18-15-28-49(52)57-53(58)32-19-33-56(57)61(43-34-36-47-45-26-13-16-29-50(45)59(2,54(47)38-43)41-22-9-5-10-23-41)44-35-37-48-46-27-14-17-30-51(46)60(3,55(48)39-44)42-24-11-6-12-25-42/h4-39H,1-3H3. The van der Waals surface area contributed by atoms with Gasteiger partial charge in [0.25, 0.3) is 0 Å². The van der Waals surface area contributed by atoms with Crippen molar-refractivity contribution in [2.45, 2.75) is 37.0 Å². The van der Waals surface area contributed by atoms with Crippen molar-refractivity contribution in [2.24, 2.45) is 0 Å². The van der Waals surface area contributed by atoms with Crippen molar-refractivity contribution in [2.75, 3.05) is 4.90 Å². The Balaban J connectivity index is 1.15. The van der Waals surface area contributed by atoms with Gasteiger partial charge < -0.3 is 4.90 Å². The summed E-state index contributed by atoms with van der Waals surface area (Å²) in [5, 5.41) is 0. The van der Waals surface area contributed by atoms with Gasteiger partial charge in [-0.05, 0) is 129 Å². The minimum Gasteiger partial charge on any atom is -0.310 e. The van der Waals surface area contributed by atoms with Crippen LogP contribution in [0, 0.1) is 0 Å². The molecule has 3 aliphatic carbocycles. The van der Waals surface area contributed by atoms with Crippen molar-refractivity contribution >= 4 is 17.1 Å². The van der Waals surface area contributed by atoms with E-state index < -0.39 is 0 Å². The molecule has 3 unspecified atom stereocenters. The van der Waals surface area contributed by atoms with E-state index in [-0.39, 0.29) is 16.2 Å². The number of hydrogen-bond donors (Lipinski definition) is 0. The summed E-state index contributed by atoms with van der Waals surface area (Å²) in [6.07, 6.45) is 0. The average molecular weight is 780 g/mol. The summed E-state index contributed by atoms with van der Waals surface area (Å²) in [7, 11) is 0. The zero-order valence-corrected chi connectivity index (χ0v) is 34.7. The van der Waals surface area contributed by atoms with E-state index in [0.29, 0.717) is 0 Å². The Bertz CT molecular complexity index is 3040. The van der Waals surface area contributed by atoms with E-state index in [9.17, 15) is 0 Å². The van der Waals surface area contributed by atoms with Crippen molar-refractivity contribution in [3.63, 3.8) is 0 Å². The summed E-state index contributed by atoms with van der Waals surface area (Å²) in [6, 6.07) is 81.8. The monoisotopic (exact) mass is 779 g/mol. The maximum Gasteiger partial charge on any atom is 0.0543 e. The first-order valence-corrected chi connectivity index (χ1v) is 21.6. The van der Waals surface area contributed by atoms with E-state index in [4.69, 9.17) is 0 Å². The van der Waals surface area contributed by atoms with Crippen LogP contribution in [0.25, 0.3) is 33.4 Å². The minimum absolute atomic E-state index is 0.328. The first-order valence-electron chi connectivity index (χ1n) is 21.6. The molecule has 1 heteroatoms. The second kappa shape index (κ2) is 13.1. The molecule has 0 saturated carbocycles. The van der Waals surface area contributed by atoms with Gasteiger partial charge in [-0.15, -0.1) is 0 Å². The topological polar surface area (TPSA) is 3.24 Å². The molecule has 0 fully saturated rings. The molecule has 0 spiro atoms. The smallest absolute Gasteiger partial charge is 0.0543 e. The van der Waals surface area contributed by atoms with Gasteiger partial charge in [0.2, 0.25) is 0 Å². The van der Waals surface area contributed by atoms with Crippen LogP contribution in [0.3, 0.4) is 0 Å². The molecule has 290 valence electrons. The van der Waals surface area contributed by atoms with Crippen LogP contribution in [0.4, 0.5) is 17.1 Å². The van der Waals surface area contributed by atoms with Crippen LogP contribution in [0.5, 0.6) is 0 Å². The van der Waals surface area contributed by atoms with Crippen molar-refractivity contribution in [1.29, 1.82) is 0 Å². The summed E-state index contributed by atoms with van der Waals surface area (Å²) in [5.41, 5.74) is 22.2. The fourth-order valence-corrected chi connectivity index (χ4v) is 11.6. The molecule has 9 aromatic carbocycles. The van der Waals surface area contributed by atoms with E-state index >= 15 is 0 Å². The Kier molecular flexibility index (Phi) is 7.69. The zero-order valence-electron chi connectivity index (χ0n) is 34.7. The lowest BCUT2D eigenvalue weighted by molar-refractivity contribution is 0.713. The van der Waals surface area contributed by atoms with E-state index in [2.05, 4.69) is 244 Å². The predicted molar refractivity (Wildman–Crippen MR) is 253 cm³/mol. The first kappa shape index (κ1) is 35.7.